The molecule has 0 fully saturated rings. The van der Waals surface area contributed by atoms with Crippen molar-refractivity contribution in [1.29, 1.82) is 0 Å². The molecule has 1 N–H and O–H groups in total. The van der Waals surface area contributed by atoms with Crippen molar-refractivity contribution in [3.63, 3.8) is 0 Å². The molecule has 1 aromatic carbocycles. The molecule has 3 aromatic rings. The average Bonchev–Trinajstić information content (AvgIpc) is 3.31. The molecule has 7 heteroatoms. The summed E-state index contributed by atoms with van der Waals surface area (Å²) in [5, 5.41) is 7.29. The molecule has 0 spiro atoms. The number of benzene rings is 1. The van der Waals surface area contributed by atoms with Crippen LogP contribution in [0.25, 0.3) is 17.3 Å². The van der Waals surface area contributed by atoms with Gasteiger partial charge in [0.15, 0.2) is 11.5 Å². The lowest BCUT2D eigenvalue weighted by Gasteiger charge is -1.99. The van der Waals surface area contributed by atoms with Crippen LogP contribution in [0.1, 0.15) is 11.3 Å². The fourth-order valence-electron chi connectivity index (χ4n) is 2.83. The molecular formula is C20H18N4O3. The summed E-state index contributed by atoms with van der Waals surface area (Å²) >= 11 is 0. The maximum absolute atomic E-state index is 12.1. The lowest BCUT2D eigenvalue weighted by Crippen LogP contribution is -2.20. The van der Waals surface area contributed by atoms with Crippen molar-refractivity contribution < 1.29 is 14.3 Å². The molecule has 0 saturated carbocycles. The zero-order valence-electron chi connectivity index (χ0n) is 14.8. The number of nitrogens with one attached hydrogen (secondary N) is 1. The maximum Gasteiger partial charge on any atom is 0.244 e. The second-order valence-corrected chi connectivity index (χ2v) is 6.04. The molecule has 0 atom stereocenters. The number of hydrogen-bond acceptors (Lipinski definition) is 5. The van der Waals surface area contributed by atoms with E-state index < -0.39 is 0 Å². The molecule has 0 aliphatic carbocycles. The summed E-state index contributed by atoms with van der Waals surface area (Å²) in [4.78, 5) is 16.1. The molecular weight excluding hydrogens is 344 g/mol. The van der Waals surface area contributed by atoms with Crippen molar-refractivity contribution >= 4 is 12.0 Å². The molecule has 1 aliphatic rings. The van der Waals surface area contributed by atoms with Crippen LogP contribution >= 0.6 is 0 Å². The standard InChI is InChI=1S/C20H18N4O3/c1-24-17(15-6-8-21-9-7-15)11-16(23-24)12-22-20(25)5-3-14-2-4-18-19(10-14)27-13-26-18/h2-11H,12-13H2,1H3,(H,22,25)/b5-3+. The van der Waals surface area contributed by atoms with E-state index in [0.29, 0.717) is 12.3 Å². The predicted octanol–water partition coefficient (Wildman–Crippen LogP) is 2.54. The summed E-state index contributed by atoms with van der Waals surface area (Å²) in [5.41, 5.74) is 3.65. The van der Waals surface area contributed by atoms with Gasteiger partial charge in [-0.1, -0.05) is 6.07 Å². The Labute approximate surface area is 156 Å². The first-order valence-corrected chi connectivity index (χ1v) is 8.48. The van der Waals surface area contributed by atoms with Gasteiger partial charge < -0.3 is 14.8 Å². The number of aromatic nitrogens is 3. The van der Waals surface area contributed by atoms with Crippen molar-refractivity contribution in [2.45, 2.75) is 6.54 Å². The molecule has 1 amide bonds. The Kier molecular flexibility index (Phi) is 4.57. The molecule has 27 heavy (non-hydrogen) atoms. The lowest BCUT2D eigenvalue weighted by molar-refractivity contribution is -0.116. The highest BCUT2D eigenvalue weighted by Crippen LogP contribution is 2.32. The van der Waals surface area contributed by atoms with Crippen LogP contribution in [-0.2, 0) is 18.4 Å². The van der Waals surface area contributed by atoms with Crippen molar-refractivity contribution in [2.24, 2.45) is 7.05 Å². The molecule has 7 nitrogen and oxygen atoms in total. The molecule has 3 heterocycles. The number of nitrogens with zero attached hydrogens (tertiary/aromatic N) is 3. The van der Waals surface area contributed by atoms with E-state index in [1.165, 1.54) is 6.08 Å². The molecule has 4 rings (SSSR count). The smallest absolute Gasteiger partial charge is 0.244 e. The number of fused-ring (bicyclic) bond motifs is 1. The predicted molar refractivity (Wildman–Crippen MR) is 99.9 cm³/mol. The summed E-state index contributed by atoms with van der Waals surface area (Å²) in [6, 6.07) is 11.3. The minimum atomic E-state index is -0.191. The van der Waals surface area contributed by atoms with E-state index in [1.54, 1.807) is 23.2 Å². The van der Waals surface area contributed by atoms with Crippen LogP contribution in [-0.4, -0.2) is 27.5 Å². The van der Waals surface area contributed by atoms with Gasteiger partial charge in [0.25, 0.3) is 0 Å². The van der Waals surface area contributed by atoms with Crippen LogP contribution in [0.3, 0.4) is 0 Å². The Morgan fingerprint density at radius 1 is 1.19 bits per heavy atom. The number of ether oxygens (including phenoxy) is 2. The number of rotatable bonds is 5. The Bertz CT molecular complexity index is 996. The Morgan fingerprint density at radius 3 is 2.85 bits per heavy atom. The lowest BCUT2D eigenvalue weighted by atomic mass is 10.2. The first kappa shape index (κ1) is 16.8. The zero-order chi connectivity index (χ0) is 18.6. The zero-order valence-corrected chi connectivity index (χ0v) is 14.8. The van der Waals surface area contributed by atoms with Crippen LogP contribution in [0.4, 0.5) is 0 Å². The van der Waals surface area contributed by atoms with Gasteiger partial charge in [-0.05, 0) is 42.0 Å². The number of carbonyl (C=O) groups excluding carboxylic acids is 1. The van der Waals surface area contributed by atoms with E-state index in [4.69, 9.17) is 9.47 Å². The molecule has 0 saturated heterocycles. The number of pyridine rings is 1. The normalized spacial score (nSPS) is 12.5. The quantitative estimate of drug-likeness (QED) is 0.706. The molecule has 2 aromatic heterocycles. The van der Waals surface area contributed by atoms with E-state index in [9.17, 15) is 4.79 Å². The molecule has 1 aliphatic heterocycles. The molecule has 0 bridgehead atoms. The second kappa shape index (κ2) is 7.33. The first-order chi connectivity index (χ1) is 13.2. The first-order valence-electron chi connectivity index (χ1n) is 8.48. The summed E-state index contributed by atoms with van der Waals surface area (Å²) < 4.78 is 12.4. The van der Waals surface area contributed by atoms with Gasteiger partial charge in [-0.15, -0.1) is 0 Å². The van der Waals surface area contributed by atoms with Crippen molar-refractivity contribution in [2.75, 3.05) is 6.79 Å². The van der Waals surface area contributed by atoms with Gasteiger partial charge in [0.1, 0.15) is 0 Å². The summed E-state index contributed by atoms with van der Waals surface area (Å²) in [6.45, 7) is 0.581. The number of hydrogen-bond donors (Lipinski definition) is 1. The largest absolute Gasteiger partial charge is 0.454 e. The van der Waals surface area contributed by atoms with Crippen LogP contribution in [0.15, 0.2) is 54.9 Å². The molecule has 0 unspecified atom stereocenters. The van der Waals surface area contributed by atoms with Gasteiger partial charge in [0.05, 0.1) is 17.9 Å². The van der Waals surface area contributed by atoms with Gasteiger partial charge in [-0.25, -0.2) is 0 Å². The Hall–Kier alpha value is -3.61. The fourth-order valence-corrected chi connectivity index (χ4v) is 2.83. The number of amides is 1. The second-order valence-electron chi connectivity index (χ2n) is 6.04. The van der Waals surface area contributed by atoms with Crippen LogP contribution < -0.4 is 14.8 Å². The molecule has 0 radical (unpaired) electrons. The van der Waals surface area contributed by atoms with Gasteiger partial charge in [-0.2, -0.15) is 5.10 Å². The highest BCUT2D eigenvalue weighted by Gasteiger charge is 2.12. The third-order valence-corrected chi connectivity index (χ3v) is 4.17. The van der Waals surface area contributed by atoms with E-state index >= 15 is 0 Å². The van der Waals surface area contributed by atoms with Crippen LogP contribution in [0.5, 0.6) is 11.5 Å². The van der Waals surface area contributed by atoms with Crippen molar-refractivity contribution in [3.8, 4) is 22.8 Å². The fraction of sp³-hybridized carbons (Fsp3) is 0.150. The van der Waals surface area contributed by atoms with E-state index in [-0.39, 0.29) is 12.7 Å². The highest BCUT2D eigenvalue weighted by atomic mass is 16.7. The maximum atomic E-state index is 12.1. The van der Waals surface area contributed by atoms with Gasteiger partial charge in [0, 0.05) is 31.1 Å². The topological polar surface area (TPSA) is 78.3 Å². The Morgan fingerprint density at radius 2 is 2.00 bits per heavy atom. The third-order valence-electron chi connectivity index (χ3n) is 4.17. The van der Waals surface area contributed by atoms with E-state index in [0.717, 1.165) is 28.3 Å². The van der Waals surface area contributed by atoms with Crippen molar-refractivity contribution in [1.82, 2.24) is 20.1 Å². The van der Waals surface area contributed by atoms with E-state index in [1.807, 2.05) is 43.4 Å². The number of aryl methyl sites for hydroxylation is 1. The summed E-state index contributed by atoms with van der Waals surface area (Å²) in [5.74, 6) is 1.22. The monoisotopic (exact) mass is 362 g/mol. The molecule has 136 valence electrons. The highest BCUT2D eigenvalue weighted by molar-refractivity contribution is 5.91. The van der Waals surface area contributed by atoms with Crippen molar-refractivity contribution in [3.05, 3.63) is 66.1 Å². The van der Waals surface area contributed by atoms with Gasteiger partial charge in [0.2, 0.25) is 12.7 Å². The van der Waals surface area contributed by atoms with Crippen LogP contribution in [0.2, 0.25) is 0 Å². The number of carbonyl (C=O) groups is 1. The van der Waals surface area contributed by atoms with Gasteiger partial charge >= 0.3 is 0 Å². The third kappa shape index (κ3) is 3.82. The SMILES string of the molecule is Cn1nc(CNC(=O)/C=C/c2ccc3c(c2)OCO3)cc1-c1ccncc1. The minimum absolute atomic E-state index is 0.191. The minimum Gasteiger partial charge on any atom is -0.454 e. The average molecular weight is 362 g/mol. The van der Waals surface area contributed by atoms with Gasteiger partial charge in [-0.3, -0.25) is 14.5 Å². The Balaban J connectivity index is 1.37. The van der Waals surface area contributed by atoms with E-state index in [2.05, 4.69) is 15.4 Å². The summed E-state index contributed by atoms with van der Waals surface area (Å²) in [6.07, 6.45) is 6.71. The van der Waals surface area contributed by atoms with Crippen LogP contribution in [0, 0.1) is 0 Å². The summed E-state index contributed by atoms with van der Waals surface area (Å²) in [7, 11) is 1.88.